The summed E-state index contributed by atoms with van der Waals surface area (Å²) < 4.78 is 0. The number of benzene rings is 1. The zero-order chi connectivity index (χ0) is 9.42. The van der Waals surface area contributed by atoms with E-state index in [0.717, 1.165) is 29.0 Å². The minimum absolute atomic E-state index is 0.265. The Morgan fingerprint density at radius 3 is 2.85 bits per heavy atom. The van der Waals surface area contributed by atoms with E-state index in [1.165, 1.54) is 5.56 Å². The van der Waals surface area contributed by atoms with Crippen molar-refractivity contribution >= 4 is 17.4 Å². The summed E-state index contributed by atoms with van der Waals surface area (Å²) in [5.41, 5.74) is 3.23. The molecule has 0 saturated heterocycles. The lowest BCUT2D eigenvalue weighted by molar-refractivity contribution is 0.0994. The van der Waals surface area contributed by atoms with Crippen molar-refractivity contribution in [3.05, 3.63) is 33.8 Å². The lowest BCUT2D eigenvalue weighted by Crippen LogP contribution is -1.95. The van der Waals surface area contributed by atoms with Gasteiger partial charge in [-0.3, -0.25) is 4.79 Å². The number of Topliss-reactive ketones (excluding diaryl/α,β-unsaturated/α-hetero) is 1. The van der Waals surface area contributed by atoms with E-state index in [1.807, 2.05) is 12.1 Å². The molecule has 68 valence electrons. The first kappa shape index (κ1) is 8.76. The summed E-state index contributed by atoms with van der Waals surface area (Å²) in [6.07, 6.45) is 2.44. The molecule has 0 heterocycles. The van der Waals surface area contributed by atoms with Gasteiger partial charge in [-0.1, -0.05) is 18.5 Å². The number of fused-ring (bicyclic) bond motifs is 1. The van der Waals surface area contributed by atoms with Crippen LogP contribution in [0.25, 0.3) is 0 Å². The molecule has 0 aromatic heterocycles. The number of carbonyl (C=O) groups is 1. The van der Waals surface area contributed by atoms with Gasteiger partial charge in [-0.25, -0.2) is 0 Å². The van der Waals surface area contributed by atoms with E-state index in [2.05, 4.69) is 6.92 Å². The molecular weight excluding hydrogens is 184 g/mol. The SMILES string of the molecule is CCc1c(Cl)ccc2c1CCC2=O. The van der Waals surface area contributed by atoms with Gasteiger partial charge in [0.15, 0.2) is 5.78 Å². The summed E-state index contributed by atoms with van der Waals surface area (Å²) in [4.78, 5) is 11.4. The molecule has 1 aromatic carbocycles. The minimum Gasteiger partial charge on any atom is -0.294 e. The number of halogens is 1. The highest BCUT2D eigenvalue weighted by Gasteiger charge is 2.22. The van der Waals surface area contributed by atoms with Gasteiger partial charge in [0.2, 0.25) is 0 Å². The van der Waals surface area contributed by atoms with Gasteiger partial charge in [-0.2, -0.15) is 0 Å². The van der Waals surface area contributed by atoms with E-state index >= 15 is 0 Å². The molecule has 0 bridgehead atoms. The third kappa shape index (κ3) is 1.28. The van der Waals surface area contributed by atoms with Gasteiger partial charge < -0.3 is 0 Å². The van der Waals surface area contributed by atoms with Crippen molar-refractivity contribution in [3.63, 3.8) is 0 Å². The van der Waals surface area contributed by atoms with Crippen molar-refractivity contribution in [2.75, 3.05) is 0 Å². The fourth-order valence-electron chi connectivity index (χ4n) is 1.97. The maximum Gasteiger partial charge on any atom is 0.163 e. The van der Waals surface area contributed by atoms with Gasteiger partial charge in [0, 0.05) is 17.0 Å². The molecule has 1 aromatic rings. The molecule has 0 spiro atoms. The van der Waals surface area contributed by atoms with Gasteiger partial charge in [0.1, 0.15) is 0 Å². The predicted molar refractivity (Wildman–Crippen MR) is 53.5 cm³/mol. The van der Waals surface area contributed by atoms with Crippen LogP contribution in [0.15, 0.2) is 12.1 Å². The zero-order valence-electron chi connectivity index (χ0n) is 7.56. The standard InChI is InChI=1S/C11H11ClO/c1-2-7-8-4-6-11(13)9(8)3-5-10(7)12/h3,5H,2,4,6H2,1H3. The molecule has 0 radical (unpaired) electrons. The summed E-state index contributed by atoms with van der Waals surface area (Å²) >= 11 is 6.04. The second-order valence-corrected chi connectivity index (χ2v) is 3.74. The third-order valence-corrected chi connectivity index (χ3v) is 2.98. The smallest absolute Gasteiger partial charge is 0.163 e. The number of rotatable bonds is 1. The Hall–Kier alpha value is -0.820. The van der Waals surface area contributed by atoms with Crippen LogP contribution in [0.1, 0.15) is 34.8 Å². The molecule has 2 rings (SSSR count). The maximum atomic E-state index is 11.4. The van der Waals surface area contributed by atoms with Crippen molar-refractivity contribution < 1.29 is 4.79 Å². The molecule has 0 aliphatic heterocycles. The molecule has 0 amide bonds. The average Bonchev–Trinajstić information content (AvgIpc) is 2.48. The molecule has 1 nitrogen and oxygen atoms in total. The van der Waals surface area contributed by atoms with Crippen LogP contribution < -0.4 is 0 Å². The van der Waals surface area contributed by atoms with Crippen LogP contribution in [-0.2, 0) is 12.8 Å². The first-order valence-corrected chi connectivity index (χ1v) is 4.95. The van der Waals surface area contributed by atoms with Crippen LogP contribution in [0, 0.1) is 0 Å². The maximum absolute atomic E-state index is 11.4. The largest absolute Gasteiger partial charge is 0.294 e. The van der Waals surface area contributed by atoms with E-state index in [1.54, 1.807) is 0 Å². The fraction of sp³-hybridized carbons (Fsp3) is 0.364. The lowest BCUT2D eigenvalue weighted by Gasteiger charge is -2.06. The van der Waals surface area contributed by atoms with Gasteiger partial charge in [-0.15, -0.1) is 0 Å². The highest BCUT2D eigenvalue weighted by atomic mass is 35.5. The van der Waals surface area contributed by atoms with Crippen LogP contribution >= 0.6 is 11.6 Å². The quantitative estimate of drug-likeness (QED) is 0.672. The molecule has 13 heavy (non-hydrogen) atoms. The molecule has 0 N–H and O–H groups in total. The molecule has 1 aliphatic carbocycles. The van der Waals surface area contributed by atoms with Crippen LogP contribution in [0.3, 0.4) is 0 Å². The number of hydrogen-bond donors (Lipinski definition) is 0. The average molecular weight is 195 g/mol. The van der Waals surface area contributed by atoms with Gasteiger partial charge >= 0.3 is 0 Å². The van der Waals surface area contributed by atoms with Crippen molar-refractivity contribution in [2.45, 2.75) is 26.2 Å². The van der Waals surface area contributed by atoms with Crippen LogP contribution in [0.2, 0.25) is 5.02 Å². The summed E-state index contributed by atoms with van der Waals surface area (Å²) in [5.74, 6) is 0.265. The summed E-state index contributed by atoms with van der Waals surface area (Å²) in [7, 11) is 0. The summed E-state index contributed by atoms with van der Waals surface area (Å²) in [6, 6.07) is 3.69. The first-order valence-electron chi connectivity index (χ1n) is 4.57. The molecule has 2 heteroatoms. The Labute approximate surface area is 82.7 Å². The van der Waals surface area contributed by atoms with Crippen molar-refractivity contribution in [3.8, 4) is 0 Å². The van der Waals surface area contributed by atoms with Gasteiger partial charge in [0.25, 0.3) is 0 Å². The molecule has 0 atom stereocenters. The summed E-state index contributed by atoms with van der Waals surface area (Å²) in [6.45, 7) is 2.07. The van der Waals surface area contributed by atoms with E-state index < -0.39 is 0 Å². The van der Waals surface area contributed by atoms with Crippen molar-refractivity contribution in [1.29, 1.82) is 0 Å². The van der Waals surface area contributed by atoms with Crippen LogP contribution in [0.4, 0.5) is 0 Å². The van der Waals surface area contributed by atoms with E-state index in [0.29, 0.717) is 6.42 Å². The van der Waals surface area contributed by atoms with Crippen molar-refractivity contribution in [1.82, 2.24) is 0 Å². The minimum atomic E-state index is 0.265. The van der Waals surface area contributed by atoms with E-state index in [4.69, 9.17) is 11.6 Å². The molecule has 0 fully saturated rings. The Morgan fingerprint density at radius 2 is 2.15 bits per heavy atom. The lowest BCUT2D eigenvalue weighted by atomic mass is 10.0. The summed E-state index contributed by atoms with van der Waals surface area (Å²) in [5, 5.41) is 0.802. The van der Waals surface area contributed by atoms with Gasteiger partial charge in [-0.05, 0) is 36.1 Å². The highest BCUT2D eigenvalue weighted by Crippen LogP contribution is 2.30. The highest BCUT2D eigenvalue weighted by molar-refractivity contribution is 6.31. The first-order chi connectivity index (χ1) is 6.24. The number of hydrogen-bond acceptors (Lipinski definition) is 1. The Morgan fingerprint density at radius 1 is 1.38 bits per heavy atom. The Balaban J connectivity index is 2.64. The molecular formula is C11H11ClO. The van der Waals surface area contributed by atoms with Crippen molar-refractivity contribution in [2.24, 2.45) is 0 Å². The third-order valence-electron chi connectivity index (χ3n) is 2.63. The predicted octanol–water partition coefficient (Wildman–Crippen LogP) is 3.03. The monoisotopic (exact) mass is 194 g/mol. The van der Waals surface area contributed by atoms with E-state index in [9.17, 15) is 4.79 Å². The Kier molecular flexibility index (Phi) is 2.12. The Bertz CT molecular complexity index is 369. The molecule has 0 unspecified atom stereocenters. The number of ketones is 1. The second kappa shape index (κ2) is 3.15. The van der Waals surface area contributed by atoms with E-state index in [-0.39, 0.29) is 5.78 Å². The van der Waals surface area contributed by atoms with Crippen LogP contribution in [-0.4, -0.2) is 5.78 Å². The second-order valence-electron chi connectivity index (χ2n) is 3.33. The molecule has 0 saturated carbocycles. The fourth-order valence-corrected chi connectivity index (χ4v) is 2.28. The number of carbonyl (C=O) groups excluding carboxylic acids is 1. The van der Waals surface area contributed by atoms with Crippen LogP contribution in [0.5, 0.6) is 0 Å². The zero-order valence-corrected chi connectivity index (χ0v) is 8.32. The topological polar surface area (TPSA) is 17.1 Å². The molecule has 1 aliphatic rings. The van der Waals surface area contributed by atoms with Gasteiger partial charge in [0.05, 0.1) is 0 Å². The normalized spacial score (nSPS) is 14.8.